The number of fused-ring (bicyclic) bond motifs is 3. The zero-order valence-corrected chi connectivity index (χ0v) is 30.0. The van der Waals surface area contributed by atoms with Crippen molar-refractivity contribution in [3.8, 4) is 78.4 Å². The first-order chi connectivity index (χ1) is 27.3. The van der Waals surface area contributed by atoms with Crippen molar-refractivity contribution in [2.75, 3.05) is 0 Å². The normalized spacial score (nSPS) is 11.3. The fourth-order valence-electron chi connectivity index (χ4n) is 7.80. The molecule has 3 heteroatoms. The highest BCUT2D eigenvalue weighted by Gasteiger charge is 2.23. The molecule has 0 saturated carbocycles. The van der Waals surface area contributed by atoms with Crippen molar-refractivity contribution in [1.29, 1.82) is 0 Å². The van der Waals surface area contributed by atoms with Crippen molar-refractivity contribution >= 4 is 16.3 Å². The lowest BCUT2D eigenvalue weighted by molar-refractivity contribution is 0.980. The second-order valence-electron chi connectivity index (χ2n) is 13.8. The van der Waals surface area contributed by atoms with Crippen LogP contribution >= 0.6 is 0 Å². The van der Waals surface area contributed by atoms with Crippen LogP contribution in [0.25, 0.3) is 94.7 Å². The van der Waals surface area contributed by atoms with Gasteiger partial charge >= 0.3 is 0 Å². The molecular weight excluding hydrogens is 667 g/mol. The Hall–Kier alpha value is -7.36. The molecule has 7 aromatic carbocycles. The monoisotopic (exact) mass is 701 g/mol. The number of hydrogen-bond acceptors (Lipinski definition) is 2. The molecule has 0 aliphatic rings. The van der Waals surface area contributed by atoms with Crippen LogP contribution in [-0.2, 0) is 0 Å². The van der Waals surface area contributed by atoms with Gasteiger partial charge in [0.1, 0.15) is 5.69 Å². The maximum Gasteiger partial charge on any atom is 0.101 e. The fraction of sp³-hybridized carbons (Fsp3) is 0. The Morgan fingerprint density at radius 3 is 1.44 bits per heavy atom. The van der Waals surface area contributed by atoms with Crippen molar-refractivity contribution < 1.29 is 0 Å². The number of nitrogens with zero attached hydrogens (tertiary/aromatic N) is 3. The average Bonchev–Trinajstić information content (AvgIpc) is 3.68. The molecule has 10 rings (SSSR count). The summed E-state index contributed by atoms with van der Waals surface area (Å²) in [5.41, 5.74) is 16.1. The molecular formula is C52H35N3. The summed E-state index contributed by atoms with van der Waals surface area (Å²) >= 11 is 0. The summed E-state index contributed by atoms with van der Waals surface area (Å²) in [6.45, 7) is 0. The van der Waals surface area contributed by atoms with Gasteiger partial charge in [-0.1, -0.05) is 188 Å². The molecule has 0 amide bonds. The van der Waals surface area contributed by atoms with Gasteiger partial charge < -0.3 is 0 Å². The number of pyridine rings is 2. The van der Waals surface area contributed by atoms with Crippen LogP contribution < -0.4 is 0 Å². The summed E-state index contributed by atoms with van der Waals surface area (Å²) in [4.78, 5) is 5.14. The van der Waals surface area contributed by atoms with Gasteiger partial charge in [-0.3, -0.25) is 0 Å². The Bertz CT molecular complexity index is 2880. The highest BCUT2D eigenvalue weighted by Crippen LogP contribution is 2.44. The van der Waals surface area contributed by atoms with E-state index in [-0.39, 0.29) is 0 Å². The lowest BCUT2D eigenvalue weighted by atomic mass is 9.91. The summed E-state index contributed by atoms with van der Waals surface area (Å²) in [7, 11) is 0. The molecule has 0 aliphatic carbocycles. The maximum absolute atomic E-state index is 5.47. The Kier molecular flexibility index (Phi) is 8.16. The van der Waals surface area contributed by atoms with E-state index in [0.717, 1.165) is 94.7 Å². The van der Waals surface area contributed by atoms with Gasteiger partial charge in [-0.2, -0.15) is 5.10 Å². The predicted molar refractivity (Wildman–Crippen MR) is 229 cm³/mol. The highest BCUT2D eigenvalue weighted by molar-refractivity contribution is 6.14. The molecule has 0 unspecified atom stereocenters. The molecule has 55 heavy (non-hydrogen) atoms. The summed E-state index contributed by atoms with van der Waals surface area (Å²) in [6, 6.07) is 75.1. The molecule has 0 spiro atoms. The number of hydrogen-bond donors (Lipinski definition) is 0. The highest BCUT2D eigenvalue weighted by atomic mass is 15.2. The third kappa shape index (κ3) is 5.98. The van der Waals surface area contributed by atoms with Crippen LogP contribution in [0.1, 0.15) is 0 Å². The van der Waals surface area contributed by atoms with Gasteiger partial charge in [-0.25, -0.2) is 9.50 Å². The molecule has 0 N–H and O–H groups in total. The number of aromatic nitrogens is 3. The lowest BCUT2D eigenvalue weighted by Crippen LogP contribution is -1.97. The summed E-state index contributed by atoms with van der Waals surface area (Å²) in [5.74, 6) is 0. The Morgan fingerprint density at radius 1 is 0.345 bits per heavy atom. The van der Waals surface area contributed by atoms with E-state index in [0.29, 0.717) is 0 Å². The Morgan fingerprint density at radius 2 is 0.836 bits per heavy atom. The van der Waals surface area contributed by atoms with Gasteiger partial charge in [-0.05, 0) is 57.5 Å². The average molecular weight is 702 g/mol. The van der Waals surface area contributed by atoms with Gasteiger partial charge in [-0.15, -0.1) is 0 Å². The maximum atomic E-state index is 5.47. The molecule has 0 saturated heterocycles. The van der Waals surface area contributed by atoms with E-state index >= 15 is 0 Å². The smallest absolute Gasteiger partial charge is 0.101 e. The molecule has 0 radical (unpaired) electrons. The topological polar surface area (TPSA) is 30.2 Å². The lowest BCUT2D eigenvalue weighted by Gasteiger charge is -2.15. The second kappa shape index (κ2) is 13.9. The largest absolute Gasteiger partial charge is 0.248 e. The molecule has 258 valence electrons. The minimum atomic E-state index is 0.947. The SMILES string of the molecule is c1ccc(-c2cc(-c3cccc(-c4cccc5cc(-c6ccccc6)n6nc(-c7ccccc7)c(-c7ccccc7)c6c45)c3)cc(-c3ccccc3)n2)cc1. The van der Waals surface area contributed by atoms with Crippen molar-refractivity contribution in [2.24, 2.45) is 0 Å². The molecule has 3 heterocycles. The van der Waals surface area contributed by atoms with Crippen molar-refractivity contribution in [3.63, 3.8) is 0 Å². The predicted octanol–water partition coefficient (Wildman–Crippen LogP) is 13.6. The van der Waals surface area contributed by atoms with Gasteiger partial charge in [0.15, 0.2) is 0 Å². The van der Waals surface area contributed by atoms with E-state index < -0.39 is 0 Å². The zero-order chi connectivity index (χ0) is 36.6. The van der Waals surface area contributed by atoms with Crippen LogP contribution in [0.2, 0.25) is 0 Å². The summed E-state index contributed by atoms with van der Waals surface area (Å²) in [6.07, 6.45) is 0. The van der Waals surface area contributed by atoms with Gasteiger partial charge in [0.05, 0.1) is 22.6 Å². The van der Waals surface area contributed by atoms with E-state index in [1.807, 2.05) is 12.1 Å². The first-order valence-electron chi connectivity index (χ1n) is 18.7. The minimum absolute atomic E-state index is 0.947. The summed E-state index contributed by atoms with van der Waals surface area (Å²) in [5, 5.41) is 7.80. The molecule has 0 aliphatic heterocycles. The van der Waals surface area contributed by atoms with E-state index in [1.165, 1.54) is 0 Å². The van der Waals surface area contributed by atoms with Crippen molar-refractivity contribution in [2.45, 2.75) is 0 Å². The van der Waals surface area contributed by atoms with Crippen LogP contribution in [0.5, 0.6) is 0 Å². The zero-order valence-electron chi connectivity index (χ0n) is 30.0. The third-order valence-electron chi connectivity index (χ3n) is 10.4. The number of rotatable bonds is 7. The van der Waals surface area contributed by atoms with Crippen LogP contribution in [0, 0.1) is 0 Å². The van der Waals surface area contributed by atoms with Crippen LogP contribution in [-0.4, -0.2) is 14.6 Å². The molecule has 0 fully saturated rings. The van der Waals surface area contributed by atoms with E-state index in [4.69, 9.17) is 10.1 Å². The van der Waals surface area contributed by atoms with E-state index in [9.17, 15) is 0 Å². The Balaban J connectivity index is 1.24. The molecule has 3 nitrogen and oxygen atoms in total. The second-order valence-corrected chi connectivity index (χ2v) is 13.8. The van der Waals surface area contributed by atoms with Gasteiger partial charge in [0.25, 0.3) is 0 Å². The molecule has 3 aromatic heterocycles. The molecule has 0 atom stereocenters. The van der Waals surface area contributed by atoms with Crippen molar-refractivity contribution in [3.05, 3.63) is 212 Å². The standard InChI is InChI=1S/C52H35N3/c1-6-18-36(19-7-1)46-33-44(34-47(53-46)37-20-8-2-9-21-37)41-28-16-29-42(32-41)45-31-17-30-43-35-48(38-22-10-3-11-23-38)55-52(49(43)45)50(39-24-12-4-13-25-39)51(54-55)40-26-14-5-15-27-40/h1-35H. The number of benzene rings is 7. The Labute approximate surface area is 320 Å². The van der Waals surface area contributed by atoms with Crippen LogP contribution in [0.3, 0.4) is 0 Å². The van der Waals surface area contributed by atoms with Crippen LogP contribution in [0.4, 0.5) is 0 Å². The quantitative estimate of drug-likeness (QED) is 0.166. The van der Waals surface area contributed by atoms with Gasteiger partial charge in [0, 0.05) is 33.2 Å². The van der Waals surface area contributed by atoms with E-state index in [1.54, 1.807) is 0 Å². The summed E-state index contributed by atoms with van der Waals surface area (Å²) < 4.78 is 2.18. The first-order valence-corrected chi connectivity index (χ1v) is 18.7. The van der Waals surface area contributed by atoms with E-state index in [2.05, 4.69) is 205 Å². The fourth-order valence-corrected chi connectivity index (χ4v) is 7.80. The van der Waals surface area contributed by atoms with Crippen LogP contribution in [0.15, 0.2) is 212 Å². The molecule has 10 aromatic rings. The minimum Gasteiger partial charge on any atom is -0.248 e. The van der Waals surface area contributed by atoms with Crippen molar-refractivity contribution in [1.82, 2.24) is 14.6 Å². The van der Waals surface area contributed by atoms with Gasteiger partial charge in [0.2, 0.25) is 0 Å². The first kappa shape index (κ1) is 32.3. The molecule has 0 bridgehead atoms. The third-order valence-corrected chi connectivity index (χ3v) is 10.4.